The Labute approximate surface area is 124 Å². The number of aromatic nitrogens is 2. The van der Waals surface area contributed by atoms with Crippen LogP contribution in [0.1, 0.15) is 25.5 Å². The van der Waals surface area contributed by atoms with Crippen LogP contribution in [0.15, 0.2) is 30.6 Å². The van der Waals surface area contributed by atoms with Crippen LogP contribution >= 0.6 is 0 Å². The maximum atomic E-state index is 11.1. The van der Waals surface area contributed by atoms with Crippen LogP contribution in [0.25, 0.3) is 0 Å². The Hall–Kier alpha value is -2.50. The standard InChI is InChI=1S/C15H20N4O2/c1-10(12-8-16-19(3)9-12)17-13-5-6-14(18-11(2)20)15(7-13)21-4/h5-10,17H,1-4H3,(H,18,20). The van der Waals surface area contributed by atoms with Crippen LogP contribution in [0.5, 0.6) is 5.75 Å². The molecule has 2 rings (SSSR count). The average molecular weight is 288 g/mol. The second kappa shape index (κ2) is 6.30. The number of carbonyl (C=O) groups excluding carboxylic acids is 1. The van der Waals surface area contributed by atoms with E-state index in [0.29, 0.717) is 11.4 Å². The molecule has 6 heteroatoms. The van der Waals surface area contributed by atoms with Crippen molar-refractivity contribution < 1.29 is 9.53 Å². The first-order valence-electron chi connectivity index (χ1n) is 6.70. The summed E-state index contributed by atoms with van der Waals surface area (Å²) in [6, 6.07) is 5.70. The number of aryl methyl sites for hydroxylation is 1. The van der Waals surface area contributed by atoms with Crippen molar-refractivity contribution in [2.75, 3.05) is 17.7 Å². The third-order valence-corrected chi connectivity index (χ3v) is 3.12. The van der Waals surface area contributed by atoms with E-state index in [2.05, 4.69) is 22.7 Å². The summed E-state index contributed by atoms with van der Waals surface area (Å²) in [4.78, 5) is 11.1. The minimum Gasteiger partial charge on any atom is -0.494 e. The molecule has 0 aliphatic carbocycles. The van der Waals surface area contributed by atoms with Crippen molar-refractivity contribution >= 4 is 17.3 Å². The third kappa shape index (κ3) is 3.75. The minimum atomic E-state index is -0.127. The molecule has 0 radical (unpaired) electrons. The molecule has 1 unspecified atom stereocenters. The highest BCUT2D eigenvalue weighted by atomic mass is 16.5. The lowest BCUT2D eigenvalue weighted by molar-refractivity contribution is -0.114. The van der Waals surface area contributed by atoms with Gasteiger partial charge in [-0.15, -0.1) is 0 Å². The maximum Gasteiger partial charge on any atom is 0.221 e. The van der Waals surface area contributed by atoms with Crippen molar-refractivity contribution in [1.29, 1.82) is 0 Å². The van der Waals surface area contributed by atoms with Gasteiger partial charge in [0.25, 0.3) is 0 Å². The molecule has 0 aliphatic heterocycles. The Balaban J connectivity index is 2.15. The van der Waals surface area contributed by atoms with Gasteiger partial charge >= 0.3 is 0 Å². The van der Waals surface area contributed by atoms with Gasteiger partial charge in [0, 0.05) is 37.5 Å². The molecule has 6 nitrogen and oxygen atoms in total. The molecule has 0 saturated carbocycles. The lowest BCUT2D eigenvalue weighted by Gasteiger charge is -2.16. The molecule has 0 bridgehead atoms. The maximum absolute atomic E-state index is 11.1. The normalized spacial score (nSPS) is 11.8. The molecule has 2 aromatic rings. The number of rotatable bonds is 5. The van der Waals surface area contributed by atoms with Crippen molar-refractivity contribution in [1.82, 2.24) is 9.78 Å². The van der Waals surface area contributed by atoms with Crippen LogP contribution in [0.3, 0.4) is 0 Å². The van der Waals surface area contributed by atoms with Crippen LogP contribution < -0.4 is 15.4 Å². The third-order valence-electron chi connectivity index (χ3n) is 3.12. The second-order valence-electron chi connectivity index (χ2n) is 4.91. The molecular formula is C15H20N4O2. The molecule has 0 aliphatic rings. The van der Waals surface area contributed by atoms with Crippen molar-refractivity contribution in [3.05, 3.63) is 36.2 Å². The van der Waals surface area contributed by atoms with E-state index in [4.69, 9.17) is 4.74 Å². The lowest BCUT2D eigenvalue weighted by atomic mass is 10.1. The molecule has 1 amide bonds. The van der Waals surface area contributed by atoms with Crippen LogP contribution in [-0.4, -0.2) is 22.8 Å². The van der Waals surface area contributed by atoms with Crippen molar-refractivity contribution in [3.63, 3.8) is 0 Å². The summed E-state index contributed by atoms with van der Waals surface area (Å²) in [5.74, 6) is 0.492. The molecule has 0 fully saturated rings. The average Bonchev–Trinajstić information content (AvgIpc) is 2.86. The summed E-state index contributed by atoms with van der Waals surface area (Å²) < 4.78 is 7.08. The lowest BCUT2D eigenvalue weighted by Crippen LogP contribution is -2.09. The highest BCUT2D eigenvalue weighted by Crippen LogP contribution is 2.29. The second-order valence-corrected chi connectivity index (χ2v) is 4.91. The van der Waals surface area contributed by atoms with Gasteiger partial charge in [0.15, 0.2) is 0 Å². The number of carbonyl (C=O) groups is 1. The molecular weight excluding hydrogens is 268 g/mol. The Morgan fingerprint density at radius 1 is 1.43 bits per heavy atom. The summed E-state index contributed by atoms with van der Waals surface area (Å²) in [5.41, 5.74) is 2.67. The Morgan fingerprint density at radius 2 is 2.19 bits per heavy atom. The summed E-state index contributed by atoms with van der Waals surface area (Å²) in [5, 5.41) is 10.3. The van der Waals surface area contributed by atoms with E-state index in [-0.39, 0.29) is 11.9 Å². The summed E-state index contributed by atoms with van der Waals surface area (Å²) in [6.45, 7) is 3.53. The van der Waals surface area contributed by atoms with E-state index >= 15 is 0 Å². The monoisotopic (exact) mass is 288 g/mol. The minimum absolute atomic E-state index is 0.120. The quantitative estimate of drug-likeness (QED) is 0.887. The topological polar surface area (TPSA) is 68.2 Å². The van der Waals surface area contributed by atoms with Gasteiger partial charge in [0.1, 0.15) is 5.75 Å². The van der Waals surface area contributed by atoms with E-state index < -0.39 is 0 Å². The number of benzene rings is 1. The highest BCUT2D eigenvalue weighted by molar-refractivity contribution is 5.90. The molecule has 1 atom stereocenters. The number of nitrogens with zero attached hydrogens (tertiary/aromatic N) is 2. The van der Waals surface area contributed by atoms with Crippen molar-refractivity contribution in [2.24, 2.45) is 7.05 Å². The number of hydrogen-bond donors (Lipinski definition) is 2. The largest absolute Gasteiger partial charge is 0.494 e. The van der Waals surface area contributed by atoms with Gasteiger partial charge in [-0.1, -0.05) is 0 Å². The smallest absolute Gasteiger partial charge is 0.221 e. The van der Waals surface area contributed by atoms with Crippen LogP contribution in [-0.2, 0) is 11.8 Å². The zero-order valence-electron chi connectivity index (χ0n) is 12.7. The highest BCUT2D eigenvalue weighted by Gasteiger charge is 2.10. The molecule has 0 spiro atoms. The fourth-order valence-electron chi connectivity index (χ4n) is 2.07. The SMILES string of the molecule is COc1cc(NC(C)c2cnn(C)c2)ccc1NC(C)=O. The van der Waals surface area contributed by atoms with Crippen molar-refractivity contribution in [2.45, 2.75) is 19.9 Å². The zero-order valence-corrected chi connectivity index (χ0v) is 12.7. The molecule has 1 aromatic heterocycles. The van der Waals surface area contributed by atoms with Gasteiger partial charge in [-0.3, -0.25) is 9.48 Å². The van der Waals surface area contributed by atoms with Gasteiger partial charge in [-0.2, -0.15) is 5.10 Å². The Bertz CT molecular complexity index is 636. The molecule has 0 saturated heterocycles. The van der Waals surface area contributed by atoms with Gasteiger partial charge in [-0.25, -0.2) is 0 Å². The summed E-state index contributed by atoms with van der Waals surface area (Å²) in [6.07, 6.45) is 3.81. The van der Waals surface area contributed by atoms with Gasteiger partial charge in [0.05, 0.1) is 25.0 Å². The molecule has 112 valence electrons. The summed E-state index contributed by atoms with van der Waals surface area (Å²) in [7, 11) is 3.47. The summed E-state index contributed by atoms with van der Waals surface area (Å²) >= 11 is 0. The zero-order chi connectivity index (χ0) is 15.4. The van der Waals surface area contributed by atoms with Gasteiger partial charge in [0.2, 0.25) is 5.91 Å². The van der Waals surface area contributed by atoms with Gasteiger partial charge < -0.3 is 15.4 Å². The van der Waals surface area contributed by atoms with E-state index in [1.165, 1.54) is 6.92 Å². The number of methoxy groups -OCH3 is 1. The fraction of sp³-hybridized carbons (Fsp3) is 0.333. The van der Waals surface area contributed by atoms with Gasteiger partial charge in [-0.05, 0) is 19.1 Å². The number of anilines is 2. The first kappa shape index (κ1) is 14.9. The van der Waals surface area contributed by atoms with Crippen LogP contribution in [0, 0.1) is 0 Å². The number of amides is 1. The predicted molar refractivity (Wildman–Crippen MR) is 82.5 cm³/mol. The van der Waals surface area contributed by atoms with E-state index in [1.807, 2.05) is 37.6 Å². The number of ether oxygens (including phenoxy) is 1. The predicted octanol–water partition coefficient (Wildman–Crippen LogP) is 2.56. The fourth-order valence-corrected chi connectivity index (χ4v) is 2.07. The van der Waals surface area contributed by atoms with Crippen LogP contribution in [0.2, 0.25) is 0 Å². The number of nitrogens with one attached hydrogen (secondary N) is 2. The first-order chi connectivity index (χ1) is 9.99. The first-order valence-corrected chi connectivity index (χ1v) is 6.70. The number of hydrogen-bond acceptors (Lipinski definition) is 4. The van der Waals surface area contributed by atoms with E-state index in [1.54, 1.807) is 11.8 Å². The molecule has 1 aromatic carbocycles. The Kier molecular flexibility index (Phi) is 4.47. The van der Waals surface area contributed by atoms with Crippen molar-refractivity contribution in [3.8, 4) is 5.75 Å². The van der Waals surface area contributed by atoms with E-state index in [0.717, 1.165) is 11.3 Å². The van der Waals surface area contributed by atoms with E-state index in [9.17, 15) is 4.79 Å². The molecule has 1 heterocycles. The Morgan fingerprint density at radius 3 is 2.76 bits per heavy atom. The molecule has 2 N–H and O–H groups in total. The molecule has 21 heavy (non-hydrogen) atoms. The van der Waals surface area contributed by atoms with Crippen LogP contribution in [0.4, 0.5) is 11.4 Å².